The second-order valence-electron chi connectivity index (χ2n) is 9.68. The highest BCUT2D eigenvalue weighted by atomic mass is 19.1. The molecule has 0 heterocycles. The van der Waals surface area contributed by atoms with Gasteiger partial charge in [-0.05, 0) is 59.4 Å². The molecule has 2 heteroatoms. The minimum Gasteiger partial charge on any atom is -0.294 e. The highest BCUT2D eigenvalue weighted by Gasteiger charge is 2.36. The minimum atomic E-state index is -0.100. The van der Waals surface area contributed by atoms with E-state index in [2.05, 4.69) is 44.2 Å². The lowest BCUT2D eigenvalue weighted by molar-refractivity contribution is 0.0994. The largest absolute Gasteiger partial charge is 0.294 e. The molecule has 34 heavy (non-hydrogen) atoms. The van der Waals surface area contributed by atoms with Gasteiger partial charge >= 0.3 is 0 Å². The quantitative estimate of drug-likeness (QED) is 0.404. The van der Waals surface area contributed by atoms with Crippen LogP contribution in [0.15, 0.2) is 42.5 Å². The molecule has 0 fully saturated rings. The molecule has 2 aromatic carbocycles. The second kappa shape index (κ2) is 10.8. The van der Waals surface area contributed by atoms with Crippen LogP contribution < -0.4 is 0 Å². The van der Waals surface area contributed by atoms with Crippen molar-refractivity contribution < 1.29 is 9.18 Å². The van der Waals surface area contributed by atoms with Gasteiger partial charge in [-0.1, -0.05) is 95.9 Å². The molecule has 0 amide bonds. The summed E-state index contributed by atoms with van der Waals surface area (Å²) in [5.74, 6) is 1.11. The van der Waals surface area contributed by atoms with Gasteiger partial charge in [-0.25, -0.2) is 4.39 Å². The summed E-state index contributed by atoms with van der Waals surface area (Å²) in [7, 11) is 0. The fourth-order valence-electron chi connectivity index (χ4n) is 6.10. The van der Waals surface area contributed by atoms with Crippen LogP contribution in [0.5, 0.6) is 0 Å². The summed E-state index contributed by atoms with van der Waals surface area (Å²) in [6.07, 6.45) is 15.5. The Hall–Kier alpha value is -2.48. The highest BCUT2D eigenvalue weighted by Crippen LogP contribution is 2.52. The standard InChI is InChI=1S/C30H33FO.C2H6/c1-3-19(4-2)9-8-12-22-24-16-14-23-26(17-18-27(23)32)28(24)29-25(22)15-13-21(30(29)31)20-10-6-5-7-11-20;1-2/h6,10-11,13-16,19,22H,3-5,7-9,12,17-18H2,1-2H3;1-2H3. The molecule has 1 unspecified atom stereocenters. The highest BCUT2D eigenvalue weighted by molar-refractivity contribution is 6.04. The molecule has 2 aromatic rings. The predicted molar refractivity (Wildman–Crippen MR) is 142 cm³/mol. The predicted octanol–water partition coefficient (Wildman–Crippen LogP) is 9.43. The third-order valence-electron chi connectivity index (χ3n) is 7.99. The van der Waals surface area contributed by atoms with Crippen LogP contribution in [0.1, 0.15) is 118 Å². The third kappa shape index (κ3) is 4.32. The number of hydrogen-bond acceptors (Lipinski definition) is 1. The van der Waals surface area contributed by atoms with E-state index in [-0.39, 0.29) is 17.5 Å². The van der Waals surface area contributed by atoms with E-state index in [4.69, 9.17) is 0 Å². The molecule has 3 aliphatic carbocycles. The molecular formula is C32H39FO. The molecule has 0 aliphatic heterocycles. The zero-order valence-corrected chi connectivity index (χ0v) is 21.3. The molecule has 3 aliphatic rings. The molecule has 0 bridgehead atoms. The summed E-state index contributed by atoms with van der Waals surface area (Å²) < 4.78 is 16.2. The fraction of sp³-hybridized carbons (Fsp3) is 0.469. The number of halogens is 1. The van der Waals surface area contributed by atoms with Crippen molar-refractivity contribution in [3.63, 3.8) is 0 Å². The molecular weight excluding hydrogens is 419 g/mol. The van der Waals surface area contributed by atoms with Gasteiger partial charge in [0.1, 0.15) is 5.82 Å². The number of benzene rings is 2. The zero-order valence-electron chi connectivity index (χ0n) is 21.3. The average molecular weight is 459 g/mol. The first kappa shape index (κ1) is 24.6. The summed E-state index contributed by atoms with van der Waals surface area (Å²) in [4.78, 5) is 12.5. The maximum Gasteiger partial charge on any atom is 0.163 e. The fourth-order valence-corrected chi connectivity index (χ4v) is 6.10. The van der Waals surface area contributed by atoms with Crippen molar-refractivity contribution in [1.82, 2.24) is 0 Å². The third-order valence-corrected chi connectivity index (χ3v) is 7.99. The number of Topliss-reactive ketones (excluding diaryl/α,β-unsaturated/α-hetero) is 1. The number of rotatable bonds is 7. The molecule has 1 nitrogen and oxygen atoms in total. The van der Waals surface area contributed by atoms with Crippen LogP contribution in [0, 0.1) is 11.7 Å². The smallest absolute Gasteiger partial charge is 0.163 e. The molecule has 0 spiro atoms. The van der Waals surface area contributed by atoms with Crippen molar-refractivity contribution in [3.05, 3.63) is 76.1 Å². The van der Waals surface area contributed by atoms with E-state index in [9.17, 15) is 4.79 Å². The van der Waals surface area contributed by atoms with E-state index in [1.807, 2.05) is 26.0 Å². The van der Waals surface area contributed by atoms with E-state index in [1.54, 1.807) is 0 Å². The van der Waals surface area contributed by atoms with Crippen molar-refractivity contribution in [2.75, 3.05) is 0 Å². The van der Waals surface area contributed by atoms with Gasteiger partial charge < -0.3 is 0 Å². The summed E-state index contributed by atoms with van der Waals surface area (Å²) in [5.41, 5.74) is 7.76. The molecule has 5 rings (SSSR count). The van der Waals surface area contributed by atoms with Gasteiger partial charge in [0.25, 0.3) is 0 Å². The van der Waals surface area contributed by atoms with Crippen LogP contribution in [-0.4, -0.2) is 5.78 Å². The lowest BCUT2D eigenvalue weighted by Crippen LogP contribution is -2.02. The lowest BCUT2D eigenvalue weighted by atomic mass is 9.87. The van der Waals surface area contributed by atoms with Gasteiger partial charge in [0.15, 0.2) is 5.78 Å². The van der Waals surface area contributed by atoms with Crippen LogP contribution in [0.3, 0.4) is 0 Å². The van der Waals surface area contributed by atoms with E-state index < -0.39 is 0 Å². The number of hydrogen-bond donors (Lipinski definition) is 0. The average Bonchev–Trinajstić information content (AvgIpc) is 3.42. The van der Waals surface area contributed by atoms with Crippen LogP contribution in [0.2, 0.25) is 0 Å². The Morgan fingerprint density at radius 1 is 0.941 bits per heavy atom. The number of allylic oxidation sites excluding steroid dienone is 4. The van der Waals surface area contributed by atoms with Crippen molar-refractivity contribution >= 4 is 11.4 Å². The Bertz CT molecular complexity index is 1120. The Kier molecular flexibility index (Phi) is 7.86. The normalized spacial score (nSPS) is 17.8. The van der Waals surface area contributed by atoms with Gasteiger partial charge in [0.05, 0.1) is 0 Å². The first-order valence-electron chi connectivity index (χ1n) is 13.5. The van der Waals surface area contributed by atoms with Crippen molar-refractivity contribution in [3.8, 4) is 11.1 Å². The molecule has 180 valence electrons. The summed E-state index contributed by atoms with van der Waals surface area (Å²) in [6, 6.07) is 8.29. The minimum absolute atomic E-state index is 0.100. The van der Waals surface area contributed by atoms with Gasteiger partial charge in [-0.2, -0.15) is 0 Å². The molecule has 0 saturated carbocycles. The number of ketones is 1. The molecule has 0 radical (unpaired) electrons. The topological polar surface area (TPSA) is 17.1 Å². The summed E-state index contributed by atoms with van der Waals surface area (Å²) >= 11 is 0. The molecule has 0 saturated heterocycles. The Labute approximate surface area is 205 Å². The van der Waals surface area contributed by atoms with Crippen LogP contribution in [0.25, 0.3) is 16.7 Å². The van der Waals surface area contributed by atoms with Crippen molar-refractivity contribution in [2.24, 2.45) is 5.92 Å². The lowest BCUT2D eigenvalue weighted by Gasteiger charge is -2.17. The maximum absolute atomic E-state index is 16.2. The number of carbonyl (C=O) groups is 1. The zero-order chi connectivity index (χ0) is 24.2. The SMILES string of the molecule is CC.CCC(CC)CCCC1c2ccc(C3=CCCC=C3)c(F)c2-c2c1ccc1c2CCC1=O. The first-order chi connectivity index (χ1) is 16.6. The first-order valence-corrected chi connectivity index (χ1v) is 13.5. The van der Waals surface area contributed by atoms with E-state index >= 15 is 4.39 Å². The summed E-state index contributed by atoms with van der Waals surface area (Å²) in [5, 5.41) is 0. The van der Waals surface area contributed by atoms with E-state index in [0.717, 1.165) is 71.4 Å². The Morgan fingerprint density at radius 3 is 2.32 bits per heavy atom. The van der Waals surface area contributed by atoms with Gasteiger partial charge in [0, 0.05) is 29.0 Å². The molecule has 0 aromatic heterocycles. The Morgan fingerprint density at radius 2 is 1.65 bits per heavy atom. The summed E-state index contributed by atoms with van der Waals surface area (Å²) in [6.45, 7) is 8.56. The second-order valence-corrected chi connectivity index (χ2v) is 9.68. The monoisotopic (exact) mass is 458 g/mol. The van der Waals surface area contributed by atoms with Gasteiger partial charge in [-0.3, -0.25) is 4.79 Å². The van der Waals surface area contributed by atoms with Gasteiger partial charge in [0.2, 0.25) is 0 Å². The number of carbonyl (C=O) groups excluding carboxylic acids is 1. The van der Waals surface area contributed by atoms with E-state index in [0.29, 0.717) is 12.0 Å². The van der Waals surface area contributed by atoms with Crippen molar-refractivity contribution in [2.45, 2.75) is 91.4 Å². The number of fused-ring (bicyclic) bond motifs is 5. The van der Waals surface area contributed by atoms with Crippen molar-refractivity contribution in [1.29, 1.82) is 0 Å². The van der Waals surface area contributed by atoms with Crippen LogP contribution >= 0.6 is 0 Å². The Balaban J connectivity index is 0.00000133. The molecule has 0 N–H and O–H groups in total. The van der Waals surface area contributed by atoms with E-state index in [1.165, 1.54) is 24.8 Å². The molecule has 1 atom stereocenters. The van der Waals surface area contributed by atoms with Crippen LogP contribution in [-0.2, 0) is 6.42 Å². The van der Waals surface area contributed by atoms with Crippen LogP contribution in [0.4, 0.5) is 4.39 Å². The van der Waals surface area contributed by atoms with Gasteiger partial charge in [-0.15, -0.1) is 0 Å². The maximum atomic E-state index is 16.2.